The van der Waals surface area contributed by atoms with Crippen LogP contribution in [0.3, 0.4) is 0 Å². The zero-order chi connectivity index (χ0) is 18.1. The molecule has 2 aromatic rings. The highest BCUT2D eigenvalue weighted by atomic mass is 32.1. The predicted octanol–water partition coefficient (Wildman–Crippen LogP) is 1.85. The number of piperazine rings is 1. The van der Waals surface area contributed by atoms with Crippen molar-refractivity contribution in [3.63, 3.8) is 0 Å². The first-order valence-corrected chi connectivity index (χ1v) is 8.58. The van der Waals surface area contributed by atoms with E-state index in [0.717, 1.165) is 4.70 Å². The fourth-order valence-corrected chi connectivity index (χ4v) is 4.08. The number of thiophene rings is 1. The summed E-state index contributed by atoms with van der Waals surface area (Å²) < 4.78 is 18.9. The first-order chi connectivity index (χ1) is 11.9. The van der Waals surface area contributed by atoms with Crippen LogP contribution >= 0.6 is 11.3 Å². The Morgan fingerprint density at radius 3 is 2.92 bits per heavy atom. The van der Waals surface area contributed by atoms with E-state index in [9.17, 15) is 18.8 Å². The molecule has 2 amide bonds. The van der Waals surface area contributed by atoms with Gasteiger partial charge in [0.05, 0.1) is 18.4 Å². The molecule has 0 radical (unpaired) electrons. The molecule has 0 unspecified atom stereocenters. The number of esters is 1. The third-order valence-electron chi connectivity index (χ3n) is 4.27. The van der Waals surface area contributed by atoms with Crippen molar-refractivity contribution in [2.45, 2.75) is 19.4 Å². The van der Waals surface area contributed by atoms with E-state index in [0.29, 0.717) is 28.9 Å². The van der Waals surface area contributed by atoms with E-state index >= 15 is 0 Å². The lowest BCUT2D eigenvalue weighted by Gasteiger charge is -2.34. The Labute approximate surface area is 147 Å². The van der Waals surface area contributed by atoms with Gasteiger partial charge in [0.2, 0.25) is 5.91 Å². The number of amides is 2. The van der Waals surface area contributed by atoms with E-state index in [1.165, 1.54) is 35.5 Å². The van der Waals surface area contributed by atoms with Crippen molar-refractivity contribution in [3.8, 4) is 0 Å². The maximum atomic E-state index is 13.5. The summed E-state index contributed by atoms with van der Waals surface area (Å²) in [4.78, 5) is 38.6. The molecule has 1 aromatic carbocycles. The first-order valence-electron chi connectivity index (χ1n) is 7.76. The van der Waals surface area contributed by atoms with Gasteiger partial charge in [0.1, 0.15) is 11.9 Å². The SMILES string of the molecule is COC(=O)C[C@H]1C(=O)NCCN1C(=O)c1sc2ccc(F)cc2c1C. The van der Waals surface area contributed by atoms with Gasteiger partial charge in [-0.25, -0.2) is 4.39 Å². The van der Waals surface area contributed by atoms with Crippen molar-refractivity contribution in [1.29, 1.82) is 0 Å². The maximum Gasteiger partial charge on any atom is 0.308 e. The fraction of sp³-hybridized carbons (Fsp3) is 0.353. The lowest BCUT2D eigenvalue weighted by molar-refractivity contribution is -0.145. The van der Waals surface area contributed by atoms with Crippen molar-refractivity contribution in [3.05, 3.63) is 34.5 Å². The number of aryl methyl sites for hydroxylation is 1. The summed E-state index contributed by atoms with van der Waals surface area (Å²) in [6.07, 6.45) is -0.202. The van der Waals surface area contributed by atoms with Crippen LogP contribution in [0, 0.1) is 12.7 Å². The zero-order valence-corrected chi connectivity index (χ0v) is 14.6. The molecule has 3 rings (SSSR count). The number of methoxy groups -OCH3 is 1. The van der Waals surface area contributed by atoms with Gasteiger partial charge in [-0.2, -0.15) is 0 Å². The van der Waals surface area contributed by atoms with Gasteiger partial charge >= 0.3 is 5.97 Å². The topological polar surface area (TPSA) is 75.7 Å². The Balaban J connectivity index is 1.96. The summed E-state index contributed by atoms with van der Waals surface area (Å²) in [5.74, 6) is -1.64. The Morgan fingerprint density at radius 1 is 1.44 bits per heavy atom. The maximum absolute atomic E-state index is 13.5. The molecule has 0 saturated carbocycles. The van der Waals surface area contributed by atoms with E-state index in [1.807, 2.05) is 0 Å². The van der Waals surface area contributed by atoms with Crippen LogP contribution in [0.2, 0.25) is 0 Å². The minimum atomic E-state index is -0.907. The first kappa shape index (κ1) is 17.3. The molecule has 1 aliphatic rings. The van der Waals surface area contributed by atoms with Crippen molar-refractivity contribution in [1.82, 2.24) is 10.2 Å². The van der Waals surface area contributed by atoms with Gasteiger partial charge in [-0.3, -0.25) is 14.4 Å². The third-order valence-corrected chi connectivity index (χ3v) is 5.53. The lowest BCUT2D eigenvalue weighted by Crippen LogP contribution is -2.57. The molecule has 0 bridgehead atoms. The summed E-state index contributed by atoms with van der Waals surface area (Å²) in [7, 11) is 1.24. The largest absolute Gasteiger partial charge is 0.469 e. The van der Waals surface area contributed by atoms with E-state index in [-0.39, 0.29) is 24.1 Å². The van der Waals surface area contributed by atoms with E-state index in [4.69, 9.17) is 0 Å². The molecule has 132 valence electrons. The number of benzene rings is 1. The molecule has 1 atom stereocenters. The average Bonchev–Trinajstić information content (AvgIpc) is 2.92. The highest BCUT2D eigenvalue weighted by Gasteiger charge is 2.36. The minimum Gasteiger partial charge on any atom is -0.469 e. The smallest absolute Gasteiger partial charge is 0.308 e. The number of nitrogens with one attached hydrogen (secondary N) is 1. The number of hydrogen-bond donors (Lipinski definition) is 1. The number of nitrogens with zero attached hydrogens (tertiary/aromatic N) is 1. The van der Waals surface area contributed by atoms with Crippen molar-refractivity contribution < 1.29 is 23.5 Å². The monoisotopic (exact) mass is 364 g/mol. The fourth-order valence-electron chi connectivity index (χ4n) is 2.93. The summed E-state index contributed by atoms with van der Waals surface area (Å²) in [6.45, 7) is 2.37. The highest BCUT2D eigenvalue weighted by Crippen LogP contribution is 2.32. The Bertz CT molecular complexity index is 864. The van der Waals surface area contributed by atoms with Gasteiger partial charge in [-0.1, -0.05) is 0 Å². The van der Waals surface area contributed by atoms with Crippen molar-refractivity contribution in [2.24, 2.45) is 0 Å². The van der Waals surface area contributed by atoms with Crippen LogP contribution in [0.1, 0.15) is 21.7 Å². The third kappa shape index (κ3) is 3.21. The van der Waals surface area contributed by atoms with Gasteiger partial charge in [0, 0.05) is 17.8 Å². The van der Waals surface area contributed by atoms with E-state index in [1.54, 1.807) is 13.0 Å². The number of carbonyl (C=O) groups excluding carboxylic acids is 3. The van der Waals surface area contributed by atoms with Gasteiger partial charge in [0.15, 0.2) is 0 Å². The summed E-state index contributed by atoms with van der Waals surface area (Å²) in [6, 6.07) is 3.47. The van der Waals surface area contributed by atoms with Crippen molar-refractivity contribution in [2.75, 3.05) is 20.2 Å². The van der Waals surface area contributed by atoms with E-state index < -0.39 is 12.0 Å². The van der Waals surface area contributed by atoms with Crippen molar-refractivity contribution >= 4 is 39.2 Å². The van der Waals surface area contributed by atoms with Crippen LogP contribution in [-0.4, -0.2) is 48.9 Å². The molecule has 25 heavy (non-hydrogen) atoms. The zero-order valence-electron chi connectivity index (χ0n) is 13.8. The molecule has 1 fully saturated rings. The van der Waals surface area contributed by atoms with E-state index in [2.05, 4.69) is 10.1 Å². The Morgan fingerprint density at radius 2 is 2.20 bits per heavy atom. The molecular weight excluding hydrogens is 347 g/mol. The molecule has 6 nitrogen and oxygen atoms in total. The predicted molar refractivity (Wildman–Crippen MR) is 91.0 cm³/mol. The van der Waals surface area contributed by atoms with Crippen LogP contribution in [0.4, 0.5) is 4.39 Å². The standard InChI is InChI=1S/C17H17FN2O4S/c1-9-11-7-10(18)3-4-13(11)25-15(9)17(23)20-6-5-19-16(22)12(20)8-14(21)24-2/h3-4,7,12H,5-6,8H2,1-2H3,(H,19,22)/t12-/m0/s1. The van der Waals surface area contributed by atoms with Crippen LogP contribution < -0.4 is 5.32 Å². The summed E-state index contributed by atoms with van der Waals surface area (Å²) in [5, 5.41) is 3.34. The number of fused-ring (bicyclic) bond motifs is 1. The number of carbonyl (C=O) groups is 3. The molecular formula is C17H17FN2O4S. The molecule has 8 heteroatoms. The second-order valence-corrected chi connectivity index (χ2v) is 6.83. The Hall–Kier alpha value is -2.48. The second kappa shape index (κ2) is 6.79. The molecule has 2 heterocycles. The molecule has 0 aliphatic carbocycles. The number of hydrogen-bond acceptors (Lipinski definition) is 5. The van der Waals surface area contributed by atoms with Gasteiger partial charge in [-0.05, 0) is 36.1 Å². The van der Waals surface area contributed by atoms with Crippen LogP contribution in [-0.2, 0) is 14.3 Å². The normalized spacial score (nSPS) is 17.5. The van der Waals surface area contributed by atoms with Gasteiger partial charge in [0.25, 0.3) is 5.91 Å². The number of rotatable bonds is 3. The summed E-state index contributed by atoms with van der Waals surface area (Å²) >= 11 is 1.26. The lowest BCUT2D eigenvalue weighted by atomic mass is 10.1. The van der Waals surface area contributed by atoms with Crippen LogP contribution in [0.15, 0.2) is 18.2 Å². The van der Waals surface area contributed by atoms with Gasteiger partial charge < -0.3 is 15.0 Å². The van der Waals surface area contributed by atoms with Gasteiger partial charge in [-0.15, -0.1) is 11.3 Å². The second-order valence-electron chi connectivity index (χ2n) is 5.78. The highest BCUT2D eigenvalue weighted by molar-refractivity contribution is 7.21. The number of ether oxygens (including phenoxy) is 1. The summed E-state index contributed by atoms with van der Waals surface area (Å²) in [5.41, 5.74) is 0.673. The van der Waals surface area contributed by atoms with Crippen LogP contribution in [0.5, 0.6) is 0 Å². The molecule has 1 aromatic heterocycles. The number of halogens is 1. The molecule has 1 N–H and O–H groups in total. The van der Waals surface area contributed by atoms with Crippen LogP contribution in [0.25, 0.3) is 10.1 Å². The quantitative estimate of drug-likeness (QED) is 0.844. The molecule has 1 saturated heterocycles. The minimum absolute atomic E-state index is 0.202. The average molecular weight is 364 g/mol. The molecule has 1 aliphatic heterocycles. The Kier molecular flexibility index (Phi) is 4.71. The molecule has 0 spiro atoms.